The Morgan fingerprint density at radius 3 is 2.62 bits per heavy atom. The zero-order valence-corrected chi connectivity index (χ0v) is 13.4. The van der Waals surface area contributed by atoms with Crippen molar-refractivity contribution in [3.05, 3.63) is 64.2 Å². The fraction of sp³-hybridized carbons (Fsp3) is 0.235. The first-order chi connectivity index (χ1) is 11.4. The van der Waals surface area contributed by atoms with Crippen LogP contribution in [0, 0.1) is 33.3 Å². The van der Waals surface area contributed by atoms with Crippen molar-refractivity contribution in [2.75, 3.05) is 0 Å². The summed E-state index contributed by atoms with van der Waals surface area (Å²) in [5.74, 6) is -3.93. The van der Waals surface area contributed by atoms with Gasteiger partial charge in [-0.3, -0.25) is 0 Å². The van der Waals surface area contributed by atoms with Crippen molar-refractivity contribution in [1.82, 2.24) is 9.78 Å². The lowest BCUT2D eigenvalue weighted by molar-refractivity contribution is 0.445. The van der Waals surface area contributed by atoms with E-state index in [1.165, 1.54) is 10.9 Å². The van der Waals surface area contributed by atoms with Crippen molar-refractivity contribution in [2.45, 2.75) is 19.3 Å². The molecular formula is C17H14F3N3S. The summed E-state index contributed by atoms with van der Waals surface area (Å²) >= 11 is 5.27. The Kier molecular flexibility index (Phi) is 4.62. The molecule has 0 amide bonds. The maximum atomic E-state index is 13.4. The van der Waals surface area contributed by atoms with Gasteiger partial charge in [-0.2, -0.15) is 5.10 Å². The molecule has 3 nitrogen and oxygen atoms in total. The Morgan fingerprint density at radius 2 is 1.96 bits per heavy atom. The van der Waals surface area contributed by atoms with Crippen LogP contribution in [0.5, 0.6) is 0 Å². The SMILES string of the molecule is N=C1CC=CC(Cc2nn(-c3cc(F)c(F)c(F)c3)ccc2=S)C1. The van der Waals surface area contributed by atoms with Gasteiger partial charge in [0.05, 0.1) is 15.9 Å². The molecule has 0 fully saturated rings. The number of hydrogen-bond acceptors (Lipinski definition) is 3. The van der Waals surface area contributed by atoms with Crippen LogP contribution in [0.4, 0.5) is 13.2 Å². The second kappa shape index (κ2) is 6.68. The third-order valence-electron chi connectivity index (χ3n) is 3.85. The molecule has 0 bridgehead atoms. The lowest BCUT2D eigenvalue weighted by Crippen LogP contribution is -2.14. The van der Waals surface area contributed by atoms with Gasteiger partial charge in [0.2, 0.25) is 0 Å². The molecule has 0 aliphatic heterocycles. The largest absolute Gasteiger partial charge is 0.309 e. The molecule has 3 rings (SSSR count). The van der Waals surface area contributed by atoms with E-state index >= 15 is 0 Å². The van der Waals surface area contributed by atoms with Gasteiger partial charge in [-0.15, -0.1) is 0 Å². The standard InChI is InChI=1S/C17H14F3N3S/c18-13-8-12(9-14(19)17(13)20)23-5-4-16(24)15(22-23)7-10-2-1-3-11(21)6-10/h1-2,4-5,8-10,21H,3,6-7H2. The molecule has 0 radical (unpaired) electrons. The van der Waals surface area contributed by atoms with Gasteiger partial charge < -0.3 is 5.41 Å². The quantitative estimate of drug-likeness (QED) is 0.502. The summed E-state index contributed by atoms with van der Waals surface area (Å²) in [6.45, 7) is 0. The molecule has 1 aliphatic rings. The van der Waals surface area contributed by atoms with Crippen LogP contribution in [0.3, 0.4) is 0 Å². The van der Waals surface area contributed by atoms with E-state index in [2.05, 4.69) is 5.10 Å². The van der Waals surface area contributed by atoms with E-state index in [1.54, 1.807) is 6.07 Å². The maximum Gasteiger partial charge on any atom is 0.194 e. The minimum Gasteiger partial charge on any atom is -0.309 e. The van der Waals surface area contributed by atoms with Crippen LogP contribution in [0.25, 0.3) is 5.69 Å². The zero-order chi connectivity index (χ0) is 17.3. The number of halogens is 3. The van der Waals surface area contributed by atoms with Gasteiger partial charge in [0.15, 0.2) is 17.5 Å². The van der Waals surface area contributed by atoms with E-state index in [9.17, 15) is 13.2 Å². The second-order valence-electron chi connectivity index (χ2n) is 5.70. The highest BCUT2D eigenvalue weighted by Crippen LogP contribution is 2.21. The van der Waals surface area contributed by atoms with Crippen LogP contribution in [0.2, 0.25) is 0 Å². The minimum absolute atomic E-state index is 0.0783. The van der Waals surface area contributed by atoms with E-state index in [4.69, 9.17) is 17.6 Å². The van der Waals surface area contributed by atoms with Gasteiger partial charge in [0, 0.05) is 30.5 Å². The van der Waals surface area contributed by atoms with E-state index in [0.717, 1.165) is 12.1 Å². The highest BCUT2D eigenvalue weighted by molar-refractivity contribution is 7.71. The van der Waals surface area contributed by atoms with Crippen molar-refractivity contribution >= 4 is 17.9 Å². The molecule has 0 saturated carbocycles. The fourth-order valence-corrected chi connectivity index (χ4v) is 2.85. The lowest BCUT2D eigenvalue weighted by Gasteiger charge is -2.17. The van der Waals surface area contributed by atoms with Crippen LogP contribution in [-0.2, 0) is 6.42 Å². The van der Waals surface area contributed by atoms with Crippen molar-refractivity contribution in [3.63, 3.8) is 0 Å². The summed E-state index contributed by atoms with van der Waals surface area (Å²) in [7, 11) is 0. The Bertz CT molecular complexity index is 866. The molecule has 1 aromatic heterocycles. The first-order valence-electron chi connectivity index (χ1n) is 7.41. The molecule has 1 N–H and O–H groups in total. The second-order valence-corrected chi connectivity index (χ2v) is 6.14. The predicted octanol–water partition coefficient (Wildman–Crippen LogP) is 4.55. The van der Waals surface area contributed by atoms with Gasteiger partial charge in [-0.1, -0.05) is 24.4 Å². The van der Waals surface area contributed by atoms with Crippen LogP contribution in [0.1, 0.15) is 18.5 Å². The number of allylic oxidation sites excluding steroid dienone is 2. The number of hydrogen-bond donors (Lipinski definition) is 1. The Hall–Kier alpha value is -2.28. The Morgan fingerprint density at radius 1 is 1.25 bits per heavy atom. The first kappa shape index (κ1) is 16.6. The van der Waals surface area contributed by atoms with Crippen molar-refractivity contribution in [3.8, 4) is 5.69 Å². The van der Waals surface area contributed by atoms with E-state index in [0.29, 0.717) is 35.2 Å². The van der Waals surface area contributed by atoms with Crippen molar-refractivity contribution in [1.29, 1.82) is 5.41 Å². The van der Waals surface area contributed by atoms with Crippen molar-refractivity contribution < 1.29 is 13.2 Å². The highest BCUT2D eigenvalue weighted by atomic mass is 32.1. The van der Waals surface area contributed by atoms with E-state index in [-0.39, 0.29) is 11.6 Å². The van der Waals surface area contributed by atoms with Crippen LogP contribution >= 0.6 is 12.2 Å². The summed E-state index contributed by atoms with van der Waals surface area (Å²) < 4.78 is 41.7. The van der Waals surface area contributed by atoms with E-state index in [1.807, 2.05) is 12.2 Å². The number of aromatic nitrogens is 2. The molecular weight excluding hydrogens is 335 g/mol. The average molecular weight is 349 g/mol. The topological polar surface area (TPSA) is 41.7 Å². The van der Waals surface area contributed by atoms with E-state index < -0.39 is 17.5 Å². The summed E-state index contributed by atoms with van der Waals surface area (Å²) in [6, 6.07) is 3.39. The monoisotopic (exact) mass is 349 g/mol. The van der Waals surface area contributed by atoms with Gasteiger partial charge in [-0.05, 0) is 24.8 Å². The van der Waals surface area contributed by atoms with Crippen LogP contribution < -0.4 is 0 Å². The highest BCUT2D eigenvalue weighted by Gasteiger charge is 2.16. The number of benzene rings is 1. The predicted molar refractivity (Wildman–Crippen MR) is 87.6 cm³/mol. The maximum absolute atomic E-state index is 13.4. The van der Waals surface area contributed by atoms with Crippen LogP contribution in [-0.4, -0.2) is 15.5 Å². The van der Waals surface area contributed by atoms with Crippen molar-refractivity contribution in [2.24, 2.45) is 5.92 Å². The molecule has 1 aromatic carbocycles. The molecule has 1 atom stereocenters. The van der Waals surface area contributed by atoms with Crippen LogP contribution in [0.15, 0.2) is 36.5 Å². The molecule has 0 spiro atoms. The molecule has 24 heavy (non-hydrogen) atoms. The molecule has 7 heteroatoms. The lowest BCUT2D eigenvalue weighted by atomic mass is 9.90. The fourth-order valence-electron chi connectivity index (χ4n) is 2.67. The number of nitrogens with zero attached hydrogens (tertiary/aromatic N) is 2. The summed E-state index contributed by atoms with van der Waals surface area (Å²) in [5, 5.41) is 12.1. The Balaban J connectivity index is 1.94. The third-order valence-corrected chi connectivity index (χ3v) is 4.22. The number of nitrogens with one attached hydrogen (secondary N) is 1. The number of rotatable bonds is 3. The minimum atomic E-state index is -1.51. The average Bonchev–Trinajstić information content (AvgIpc) is 2.54. The summed E-state index contributed by atoms with van der Waals surface area (Å²) in [5.41, 5.74) is 1.33. The normalized spacial score (nSPS) is 17.3. The van der Waals surface area contributed by atoms with Gasteiger partial charge in [0.1, 0.15) is 0 Å². The van der Waals surface area contributed by atoms with Gasteiger partial charge in [-0.25, -0.2) is 17.9 Å². The third kappa shape index (κ3) is 3.46. The van der Waals surface area contributed by atoms with Gasteiger partial charge in [0.25, 0.3) is 0 Å². The summed E-state index contributed by atoms with van der Waals surface area (Å²) in [6.07, 6.45) is 7.29. The zero-order valence-electron chi connectivity index (χ0n) is 12.6. The first-order valence-corrected chi connectivity index (χ1v) is 7.81. The molecule has 2 aromatic rings. The smallest absolute Gasteiger partial charge is 0.194 e. The Labute approximate surface area is 142 Å². The molecule has 1 aliphatic carbocycles. The molecule has 1 unspecified atom stereocenters. The summed E-state index contributed by atoms with van der Waals surface area (Å²) in [4.78, 5) is 0. The van der Waals surface area contributed by atoms with Gasteiger partial charge >= 0.3 is 0 Å². The molecule has 0 saturated heterocycles. The molecule has 124 valence electrons. The molecule has 1 heterocycles.